The fraction of sp³-hybridized carbons (Fsp3) is 0.400. The number of carbonyl (C=O) groups excluding carboxylic acids is 3. The number of imide groups is 1. The van der Waals surface area contributed by atoms with Crippen molar-refractivity contribution < 1.29 is 28.6 Å². The van der Waals surface area contributed by atoms with E-state index in [0.29, 0.717) is 11.3 Å². The summed E-state index contributed by atoms with van der Waals surface area (Å²) in [6.07, 6.45) is 0.247. The first-order chi connectivity index (χ1) is 18.0. The van der Waals surface area contributed by atoms with Crippen LogP contribution in [0.4, 0.5) is 11.4 Å². The molecule has 13 heteroatoms. The van der Waals surface area contributed by atoms with Gasteiger partial charge < -0.3 is 19.5 Å². The summed E-state index contributed by atoms with van der Waals surface area (Å²) < 4.78 is 16.7. The number of halogens is 4. The number of nitrogens with zero attached hydrogens (tertiary/aromatic N) is 2. The number of nitrogens with one attached hydrogen (secondary N) is 1. The molecule has 2 aromatic carbocycles. The first-order valence-electron chi connectivity index (χ1n) is 11.6. The van der Waals surface area contributed by atoms with Gasteiger partial charge in [-0.05, 0) is 24.3 Å². The molecular formula is C25H21Cl4N3O6. The van der Waals surface area contributed by atoms with Gasteiger partial charge in [0, 0.05) is 37.3 Å². The van der Waals surface area contributed by atoms with Crippen LogP contribution in [0.1, 0.15) is 12.0 Å². The van der Waals surface area contributed by atoms with E-state index in [4.69, 9.17) is 60.6 Å². The molecule has 4 aliphatic rings. The Hall–Kier alpha value is -2.11. The average Bonchev–Trinajstić information content (AvgIpc) is 3.53. The second-order valence-electron chi connectivity index (χ2n) is 9.71. The van der Waals surface area contributed by atoms with Crippen LogP contribution < -0.4 is 15.0 Å². The van der Waals surface area contributed by atoms with Gasteiger partial charge in [0.05, 0.1) is 51.9 Å². The van der Waals surface area contributed by atoms with Crippen molar-refractivity contribution in [2.75, 3.05) is 38.1 Å². The molecule has 3 amide bonds. The van der Waals surface area contributed by atoms with Crippen LogP contribution in [0.5, 0.6) is 5.75 Å². The van der Waals surface area contributed by atoms with Gasteiger partial charge in [-0.25, -0.2) is 4.90 Å². The van der Waals surface area contributed by atoms with Crippen molar-refractivity contribution in [3.8, 4) is 5.75 Å². The Balaban J connectivity index is 1.57. The molecule has 6 rings (SSSR count). The number of amides is 3. The predicted molar refractivity (Wildman–Crippen MR) is 141 cm³/mol. The van der Waals surface area contributed by atoms with Crippen LogP contribution in [0, 0.1) is 11.8 Å². The molecule has 4 unspecified atom stereocenters. The summed E-state index contributed by atoms with van der Waals surface area (Å²) in [5.74, 6) is -4.39. The minimum atomic E-state index is -1.58. The summed E-state index contributed by atoms with van der Waals surface area (Å²) in [7, 11) is 4.41. The Kier molecular flexibility index (Phi) is 5.98. The fourth-order valence-corrected chi connectivity index (χ4v) is 7.88. The maximum Gasteiger partial charge on any atom is 0.250 e. The van der Waals surface area contributed by atoms with E-state index in [1.54, 1.807) is 6.07 Å². The number of methoxy groups -OCH3 is 3. The molecule has 4 aliphatic heterocycles. The highest BCUT2D eigenvalue weighted by molar-refractivity contribution is 6.39. The molecule has 0 aromatic heterocycles. The quantitative estimate of drug-likeness (QED) is 0.412. The number of benzene rings is 2. The van der Waals surface area contributed by atoms with Crippen LogP contribution >= 0.6 is 46.4 Å². The normalized spacial score (nSPS) is 29.2. The van der Waals surface area contributed by atoms with Crippen molar-refractivity contribution >= 4 is 75.5 Å². The van der Waals surface area contributed by atoms with Gasteiger partial charge in [-0.2, -0.15) is 0 Å². The standard InChI is InChI=1S/C25H21Cl4N3O6/c1-36-20-14(28)6-11(7-15(20)29)32-21(33)17-16-8-24(37-2,38-3)9-31(16)25(18(17)22(32)34)12-4-10(26)5-13(27)19(12)30-23(25)35/h4-7,16-18H,8-9H2,1-3H3,(H,30,35). The van der Waals surface area contributed by atoms with Crippen molar-refractivity contribution in [3.05, 3.63) is 49.9 Å². The molecule has 3 saturated heterocycles. The van der Waals surface area contributed by atoms with Crippen LogP contribution in [0.3, 0.4) is 0 Å². The molecule has 200 valence electrons. The molecule has 9 nitrogen and oxygen atoms in total. The van der Waals surface area contributed by atoms with Crippen LogP contribution in [0.25, 0.3) is 0 Å². The highest BCUT2D eigenvalue weighted by Crippen LogP contribution is 2.63. The zero-order valence-electron chi connectivity index (χ0n) is 20.3. The topological polar surface area (TPSA) is 97.4 Å². The molecule has 0 aliphatic carbocycles. The van der Waals surface area contributed by atoms with Crippen LogP contribution in [-0.4, -0.2) is 62.3 Å². The van der Waals surface area contributed by atoms with Gasteiger partial charge >= 0.3 is 0 Å². The molecule has 1 spiro atoms. The highest BCUT2D eigenvalue weighted by Gasteiger charge is 2.77. The molecule has 4 heterocycles. The lowest BCUT2D eigenvalue weighted by atomic mass is 9.75. The number of hydrogen-bond acceptors (Lipinski definition) is 7. The molecule has 2 aromatic rings. The van der Waals surface area contributed by atoms with E-state index >= 15 is 0 Å². The maximum atomic E-state index is 14.2. The van der Waals surface area contributed by atoms with Crippen LogP contribution in [-0.2, 0) is 29.4 Å². The van der Waals surface area contributed by atoms with Crippen LogP contribution in [0.15, 0.2) is 24.3 Å². The van der Waals surface area contributed by atoms with Crippen molar-refractivity contribution in [2.24, 2.45) is 11.8 Å². The summed E-state index contributed by atoms with van der Waals surface area (Å²) in [6.45, 7) is 0.134. The van der Waals surface area contributed by atoms with E-state index in [1.807, 2.05) is 4.90 Å². The van der Waals surface area contributed by atoms with Gasteiger partial charge in [0.1, 0.15) is 5.54 Å². The van der Waals surface area contributed by atoms with E-state index in [1.165, 1.54) is 39.5 Å². The summed E-state index contributed by atoms with van der Waals surface area (Å²) in [5.41, 5.74) is -0.631. The SMILES string of the molecule is COc1c(Cl)cc(N2C(=O)C3C4CC(OC)(OC)CN4C4(C(=O)Nc5c(Cl)cc(Cl)cc54)C3C2=O)cc1Cl. The van der Waals surface area contributed by atoms with E-state index in [-0.39, 0.29) is 44.5 Å². The first kappa shape index (κ1) is 26.1. The highest BCUT2D eigenvalue weighted by atomic mass is 35.5. The van der Waals surface area contributed by atoms with Gasteiger partial charge in [-0.15, -0.1) is 0 Å². The van der Waals surface area contributed by atoms with E-state index in [2.05, 4.69) is 5.32 Å². The predicted octanol–water partition coefficient (Wildman–Crippen LogP) is 4.34. The third kappa shape index (κ3) is 3.15. The third-order valence-corrected chi connectivity index (χ3v) is 9.32. The molecule has 4 atom stereocenters. The molecular weight excluding hydrogens is 580 g/mol. The molecule has 1 N–H and O–H groups in total. The van der Waals surface area contributed by atoms with Crippen molar-refractivity contribution in [3.63, 3.8) is 0 Å². The molecule has 0 bridgehead atoms. The lowest BCUT2D eigenvalue weighted by Crippen LogP contribution is -2.55. The molecule has 38 heavy (non-hydrogen) atoms. The first-order valence-corrected chi connectivity index (χ1v) is 13.1. The Morgan fingerprint density at radius 3 is 2.18 bits per heavy atom. The number of rotatable bonds is 4. The Morgan fingerprint density at radius 1 is 0.921 bits per heavy atom. The zero-order chi connectivity index (χ0) is 27.3. The second kappa shape index (κ2) is 8.69. The molecule has 0 saturated carbocycles. The van der Waals surface area contributed by atoms with Gasteiger partial charge in [0.25, 0.3) is 5.91 Å². The van der Waals surface area contributed by atoms with Crippen molar-refractivity contribution in [1.82, 2.24) is 4.90 Å². The van der Waals surface area contributed by atoms with Crippen molar-refractivity contribution in [1.29, 1.82) is 0 Å². The number of carbonyl (C=O) groups is 3. The summed E-state index contributed by atoms with van der Waals surface area (Å²) in [6, 6.07) is 5.43. The summed E-state index contributed by atoms with van der Waals surface area (Å²) in [5, 5.41) is 3.62. The van der Waals surface area contributed by atoms with E-state index in [9.17, 15) is 14.4 Å². The van der Waals surface area contributed by atoms with Gasteiger partial charge in [-0.1, -0.05) is 46.4 Å². The third-order valence-electron chi connectivity index (χ3n) is 8.24. The zero-order valence-corrected chi connectivity index (χ0v) is 23.3. The molecule has 3 fully saturated rings. The Labute approximate surface area is 237 Å². The molecule has 0 radical (unpaired) electrons. The Morgan fingerprint density at radius 2 is 1.58 bits per heavy atom. The largest absolute Gasteiger partial charge is 0.494 e. The number of ether oxygens (including phenoxy) is 3. The summed E-state index contributed by atoms with van der Waals surface area (Å²) in [4.78, 5) is 45.2. The van der Waals surface area contributed by atoms with E-state index < -0.39 is 46.9 Å². The lowest BCUT2D eigenvalue weighted by molar-refractivity contribution is -0.201. The number of anilines is 2. The minimum Gasteiger partial charge on any atom is -0.494 e. The van der Waals surface area contributed by atoms with Gasteiger partial charge in [-0.3, -0.25) is 19.3 Å². The fourth-order valence-electron chi connectivity index (χ4n) is 6.70. The average molecular weight is 601 g/mol. The number of hydrogen-bond donors (Lipinski definition) is 1. The smallest absolute Gasteiger partial charge is 0.250 e. The lowest BCUT2D eigenvalue weighted by Gasteiger charge is -2.38. The minimum absolute atomic E-state index is 0.130. The van der Waals surface area contributed by atoms with Gasteiger partial charge in [0.15, 0.2) is 11.5 Å². The van der Waals surface area contributed by atoms with E-state index in [0.717, 1.165) is 4.90 Å². The summed E-state index contributed by atoms with van der Waals surface area (Å²) >= 11 is 25.6. The monoisotopic (exact) mass is 599 g/mol. The van der Waals surface area contributed by atoms with Crippen molar-refractivity contribution in [2.45, 2.75) is 23.8 Å². The second-order valence-corrected chi connectivity index (χ2v) is 11.4. The Bertz CT molecular complexity index is 1410. The van der Waals surface area contributed by atoms with Crippen LogP contribution in [0.2, 0.25) is 20.1 Å². The maximum absolute atomic E-state index is 14.2. The number of fused-ring (bicyclic) bond motifs is 7. The van der Waals surface area contributed by atoms with Gasteiger partial charge in [0.2, 0.25) is 11.8 Å².